The van der Waals surface area contributed by atoms with Gasteiger partial charge in [0.2, 0.25) is 0 Å². The lowest BCUT2D eigenvalue weighted by Crippen LogP contribution is -2.13. The average Bonchev–Trinajstić information content (AvgIpc) is 3.24. The molecule has 2 aromatic carbocycles. The van der Waals surface area contributed by atoms with E-state index in [0.29, 0.717) is 16.9 Å². The fraction of sp³-hybridized carbons (Fsp3) is 0.0400. The van der Waals surface area contributed by atoms with Crippen molar-refractivity contribution in [2.75, 3.05) is 5.32 Å². The van der Waals surface area contributed by atoms with E-state index in [1.54, 1.807) is 35.3 Å². The van der Waals surface area contributed by atoms with E-state index < -0.39 is 5.91 Å². The Labute approximate surface area is 180 Å². The van der Waals surface area contributed by atoms with Crippen LogP contribution in [0.25, 0.3) is 23.0 Å². The normalized spacial score (nSPS) is 11.0. The largest absolute Gasteiger partial charge is 0.321 e. The summed E-state index contributed by atoms with van der Waals surface area (Å²) < 4.78 is 1.73. The number of carbonyl (C=O) groups excluding carboxylic acids is 1. The molecule has 1 N–H and O–H groups in total. The summed E-state index contributed by atoms with van der Waals surface area (Å²) >= 11 is 0. The van der Waals surface area contributed by atoms with Crippen LogP contribution < -0.4 is 5.32 Å². The van der Waals surface area contributed by atoms with Crippen LogP contribution in [0.2, 0.25) is 0 Å². The highest BCUT2D eigenvalue weighted by Crippen LogP contribution is 2.25. The van der Waals surface area contributed by atoms with Crippen LogP contribution in [0, 0.1) is 18.3 Å². The van der Waals surface area contributed by atoms with Crippen LogP contribution in [-0.2, 0) is 4.79 Å². The van der Waals surface area contributed by atoms with Crippen molar-refractivity contribution in [1.82, 2.24) is 14.8 Å². The molecular weight excluding hydrogens is 386 g/mol. The van der Waals surface area contributed by atoms with E-state index in [1.165, 1.54) is 0 Å². The Morgan fingerprint density at radius 3 is 2.42 bits per heavy atom. The maximum Gasteiger partial charge on any atom is 0.266 e. The van der Waals surface area contributed by atoms with Crippen molar-refractivity contribution in [1.29, 1.82) is 5.26 Å². The minimum atomic E-state index is -0.473. The summed E-state index contributed by atoms with van der Waals surface area (Å²) in [4.78, 5) is 16.8. The molecule has 2 aromatic heterocycles. The summed E-state index contributed by atoms with van der Waals surface area (Å²) in [5.74, 6) is -0.473. The Morgan fingerprint density at radius 1 is 1.03 bits per heavy atom. The number of hydrogen-bond acceptors (Lipinski definition) is 4. The Balaban J connectivity index is 1.73. The van der Waals surface area contributed by atoms with E-state index >= 15 is 0 Å². The first-order valence-electron chi connectivity index (χ1n) is 9.69. The molecule has 0 radical (unpaired) electrons. The second-order valence-electron chi connectivity index (χ2n) is 6.94. The second-order valence-corrected chi connectivity index (χ2v) is 6.94. The van der Waals surface area contributed by atoms with Crippen molar-refractivity contribution < 1.29 is 4.79 Å². The molecule has 0 aliphatic heterocycles. The van der Waals surface area contributed by atoms with Gasteiger partial charge in [0.15, 0.2) is 0 Å². The van der Waals surface area contributed by atoms with Crippen LogP contribution >= 0.6 is 0 Å². The number of amides is 1. The van der Waals surface area contributed by atoms with Crippen LogP contribution in [0.4, 0.5) is 5.69 Å². The summed E-state index contributed by atoms with van der Waals surface area (Å²) in [7, 11) is 0. The number of nitriles is 1. The molecule has 0 saturated carbocycles. The molecule has 0 fully saturated rings. The van der Waals surface area contributed by atoms with E-state index in [4.69, 9.17) is 5.10 Å². The lowest BCUT2D eigenvalue weighted by molar-refractivity contribution is -0.112. The van der Waals surface area contributed by atoms with Gasteiger partial charge in [-0.1, -0.05) is 35.9 Å². The van der Waals surface area contributed by atoms with Gasteiger partial charge in [-0.2, -0.15) is 10.4 Å². The number of carbonyl (C=O) groups is 1. The molecular formula is C25H19N5O. The van der Waals surface area contributed by atoms with Crippen molar-refractivity contribution >= 4 is 17.7 Å². The van der Waals surface area contributed by atoms with Crippen LogP contribution in [-0.4, -0.2) is 20.7 Å². The smallest absolute Gasteiger partial charge is 0.266 e. The maximum atomic E-state index is 12.7. The van der Waals surface area contributed by atoms with Crippen LogP contribution in [0.15, 0.2) is 90.9 Å². The van der Waals surface area contributed by atoms with Crippen molar-refractivity contribution in [3.8, 4) is 23.0 Å². The first-order chi connectivity index (χ1) is 15.1. The van der Waals surface area contributed by atoms with Gasteiger partial charge in [0.25, 0.3) is 5.91 Å². The lowest BCUT2D eigenvalue weighted by Gasteiger charge is -2.04. The topological polar surface area (TPSA) is 83.6 Å². The highest BCUT2D eigenvalue weighted by molar-refractivity contribution is 6.10. The fourth-order valence-corrected chi connectivity index (χ4v) is 3.08. The number of hydrogen-bond donors (Lipinski definition) is 1. The number of rotatable bonds is 5. The molecule has 1 amide bonds. The van der Waals surface area contributed by atoms with Crippen molar-refractivity contribution in [2.45, 2.75) is 6.92 Å². The van der Waals surface area contributed by atoms with Gasteiger partial charge in [-0.3, -0.25) is 9.78 Å². The van der Waals surface area contributed by atoms with E-state index in [0.717, 1.165) is 16.8 Å². The number of nitrogens with zero attached hydrogens (tertiary/aromatic N) is 4. The summed E-state index contributed by atoms with van der Waals surface area (Å²) in [6.07, 6.45) is 6.73. The maximum absolute atomic E-state index is 12.7. The first-order valence-corrected chi connectivity index (χ1v) is 9.69. The van der Waals surface area contributed by atoms with Gasteiger partial charge in [0.05, 0.1) is 5.69 Å². The van der Waals surface area contributed by atoms with Gasteiger partial charge < -0.3 is 5.32 Å². The van der Waals surface area contributed by atoms with E-state index in [1.807, 2.05) is 73.8 Å². The molecule has 0 saturated heterocycles. The molecule has 150 valence electrons. The number of aromatic nitrogens is 3. The zero-order valence-corrected chi connectivity index (χ0v) is 16.9. The molecule has 0 aliphatic rings. The number of nitrogens with one attached hydrogen (secondary N) is 1. The van der Waals surface area contributed by atoms with Crippen LogP contribution in [0.1, 0.15) is 11.1 Å². The third-order valence-electron chi connectivity index (χ3n) is 4.69. The average molecular weight is 405 g/mol. The molecule has 0 atom stereocenters. The number of para-hydroxylation sites is 1. The molecule has 4 aromatic rings. The number of aryl methyl sites for hydroxylation is 1. The first kappa shape index (κ1) is 19.8. The molecule has 0 spiro atoms. The summed E-state index contributed by atoms with van der Waals surface area (Å²) in [5.41, 5.74) is 4.74. The standard InChI is InChI=1S/C25H19N5O/c1-18-7-9-22(10-8-18)28-25(31)20(16-26)15-21-17-30(23-5-3-2-4-6-23)29-24(21)19-11-13-27-14-12-19/h2-15,17H,1H3,(H,28,31)/b20-15+. The van der Waals surface area contributed by atoms with E-state index in [2.05, 4.69) is 10.3 Å². The molecule has 0 unspecified atom stereocenters. The molecule has 6 nitrogen and oxygen atoms in total. The van der Waals surface area contributed by atoms with Gasteiger partial charge in [-0.05, 0) is 49.4 Å². The Morgan fingerprint density at radius 2 is 1.74 bits per heavy atom. The predicted molar refractivity (Wildman–Crippen MR) is 120 cm³/mol. The monoisotopic (exact) mass is 405 g/mol. The van der Waals surface area contributed by atoms with E-state index in [-0.39, 0.29) is 5.57 Å². The SMILES string of the molecule is Cc1ccc(NC(=O)/C(C#N)=C/c2cn(-c3ccccc3)nc2-c2ccncc2)cc1. The van der Waals surface area contributed by atoms with Crippen molar-refractivity contribution in [2.24, 2.45) is 0 Å². The quantitative estimate of drug-likeness (QED) is 0.382. The Bertz CT molecular complexity index is 1270. The molecule has 4 rings (SSSR count). The van der Waals surface area contributed by atoms with Crippen molar-refractivity contribution in [3.63, 3.8) is 0 Å². The van der Waals surface area contributed by atoms with Crippen LogP contribution in [0.3, 0.4) is 0 Å². The third kappa shape index (κ3) is 4.57. The van der Waals surface area contributed by atoms with Gasteiger partial charge in [-0.15, -0.1) is 0 Å². The molecule has 2 heterocycles. The van der Waals surface area contributed by atoms with Crippen molar-refractivity contribution in [3.05, 3.63) is 102 Å². The Kier molecular flexibility index (Phi) is 5.68. The van der Waals surface area contributed by atoms with Crippen LogP contribution in [0.5, 0.6) is 0 Å². The zero-order valence-electron chi connectivity index (χ0n) is 16.9. The van der Waals surface area contributed by atoms with Gasteiger partial charge in [-0.25, -0.2) is 4.68 Å². The summed E-state index contributed by atoms with van der Waals surface area (Å²) in [6, 6.07) is 22.8. The second kappa shape index (κ2) is 8.89. The molecule has 0 aliphatic carbocycles. The van der Waals surface area contributed by atoms with Gasteiger partial charge in [0, 0.05) is 35.4 Å². The molecule has 6 heteroatoms. The minimum Gasteiger partial charge on any atom is -0.321 e. The molecule has 31 heavy (non-hydrogen) atoms. The van der Waals surface area contributed by atoms with E-state index in [9.17, 15) is 10.1 Å². The fourth-order valence-electron chi connectivity index (χ4n) is 3.08. The Hall–Kier alpha value is -4.50. The minimum absolute atomic E-state index is 0.0107. The predicted octanol–water partition coefficient (Wildman–Crippen LogP) is 4.79. The van der Waals surface area contributed by atoms with Gasteiger partial charge in [0.1, 0.15) is 17.3 Å². The number of benzene rings is 2. The lowest BCUT2D eigenvalue weighted by atomic mass is 10.1. The zero-order chi connectivity index (χ0) is 21.6. The molecule has 0 bridgehead atoms. The summed E-state index contributed by atoms with van der Waals surface area (Å²) in [6.45, 7) is 1.97. The third-order valence-corrected chi connectivity index (χ3v) is 4.69. The highest BCUT2D eigenvalue weighted by atomic mass is 16.1. The van der Waals surface area contributed by atoms with Gasteiger partial charge >= 0.3 is 0 Å². The number of anilines is 1. The number of pyridine rings is 1. The summed E-state index contributed by atoms with van der Waals surface area (Å²) in [5, 5.41) is 17.1. The highest BCUT2D eigenvalue weighted by Gasteiger charge is 2.15.